The van der Waals surface area contributed by atoms with Crippen LogP contribution in [-0.4, -0.2) is 15.6 Å². The molecule has 1 saturated carbocycles. The van der Waals surface area contributed by atoms with Gasteiger partial charge in [0.05, 0.1) is 6.04 Å². The number of hydrogen-bond acceptors (Lipinski definition) is 2. The third kappa shape index (κ3) is 2.08. The second-order valence-electron chi connectivity index (χ2n) is 6.14. The first-order chi connectivity index (χ1) is 9.09. The van der Waals surface area contributed by atoms with Gasteiger partial charge in [-0.05, 0) is 18.3 Å². The molecule has 0 saturated heterocycles. The molecule has 2 N–H and O–H groups in total. The van der Waals surface area contributed by atoms with Crippen molar-refractivity contribution in [3.8, 4) is 11.4 Å². The molecule has 0 aliphatic heterocycles. The lowest BCUT2D eigenvalue weighted by Crippen LogP contribution is -2.38. The summed E-state index contributed by atoms with van der Waals surface area (Å²) in [6.07, 6.45) is 6.24. The van der Waals surface area contributed by atoms with Crippen molar-refractivity contribution in [2.45, 2.75) is 38.8 Å². The zero-order valence-corrected chi connectivity index (χ0v) is 11.6. The Morgan fingerprint density at radius 1 is 1.26 bits per heavy atom. The Balaban J connectivity index is 1.98. The third-order valence-electron chi connectivity index (χ3n) is 4.46. The summed E-state index contributed by atoms with van der Waals surface area (Å²) in [5.41, 5.74) is 7.81. The first-order valence-corrected chi connectivity index (χ1v) is 6.93. The van der Waals surface area contributed by atoms with Crippen molar-refractivity contribution in [3.63, 3.8) is 0 Å². The quantitative estimate of drug-likeness (QED) is 0.895. The Hall–Kier alpha value is -1.61. The van der Waals surface area contributed by atoms with Crippen LogP contribution < -0.4 is 5.73 Å². The van der Waals surface area contributed by atoms with Crippen LogP contribution in [0.25, 0.3) is 11.4 Å². The second kappa shape index (κ2) is 4.49. The van der Waals surface area contributed by atoms with Gasteiger partial charge in [0.15, 0.2) is 0 Å². The normalized spacial score (nSPS) is 25.6. The standard InChI is InChI=1S/C16H21N3/c1-16(2)9-8-13(14(16)17)19-11-10-18-15(19)12-6-4-3-5-7-12/h3-7,10-11,13-14H,8-9,17H2,1-2H3. The van der Waals surface area contributed by atoms with Crippen LogP contribution in [0.2, 0.25) is 0 Å². The summed E-state index contributed by atoms with van der Waals surface area (Å²) in [6.45, 7) is 4.52. The van der Waals surface area contributed by atoms with Crippen LogP contribution in [0.15, 0.2) is 42.7 Å². The van der Waals surface area contributed by atoms with Crippen LogP contribution in [0.1, 0.15) is 32.7 Å². The Labute approximate surface area is 114 Å². The monoisotopic (exact) mass is 255 g/mol. The van der Waals surface area contributed by atoms with E-state index in [0.717, 1.165) is 17.8 Å². The van der Waals surface area contributed by atoms with Crippen LogP contribution in [0.4, 0.5) is 0 Å². The second-order valence-corrected chi connectivity index (χ2v) is 6.14. The number of hydrogen-bond donors (Lipinski definition) is 1. The highest BCUT2D eigenvalue weighted by atomic mass is 15.1. The zero-order chi connectivity index (χ0) is 13.5. The van der Waals surface area contributed by atoms with E-state index in [4.69, 9.17) is 5.73 Å². The Kier molecular flexibility index (Phi) is 2.94. The van der Waals surface area contributed by atoms with Gasteiger partial charge in [0.1, 0.15) is 5.82 Å². The molecule has 0 bridgehead atoms. The van der Waals surface area contributed by atoms with Gasteiger partial charge in [0.25, 0.3) is 0 Å². The molecule has 1 fully saturated rings. The van der Waals surface area contributed by atoms with E-state index >= 15 is 0 Å². The minimum Gasteiger partial charge on any atom is -0.326 e. The van der Waals surface area contributed by atoms with E-state index in [0.29, 0.717) is 6.04 Å². The SMILES string of the molecule is CC1(C)CCC(n2ccnc2-c2ccccc2)C1N. The molecule has 19 heavy (non-hydrogen) atoms. The predicted molar refractivity (Wildman–Crippen MR) is 77.7 cm³/mol. The Morgan fingerprint density at radius 3 is 2.63 bits per heavy atom. The lowest BCUT2D eigenvalue weighted by Gasteiger charge is -2.28. The molecule has 1 heterocycles. The maximum atomic E-state index is 6.45. The summed E-state index contributed by atoms with van der Waals surface area (Å²) in [7, 11) is 0. The van der Waals surface area contributed by atoms with Gasteiger partial charge < -0.3 is 10.3 Å². The lowest BCUT2D eigenvalue weighted by atomic mass is 9.87. The summed E-state index contributed by atoms with van der Waals surface area (Å²) < 4.78 is 2.26. The van der Waals surface area contributed by atoms with E-state index in [2.05, 4.69) is 41.7 Å². The molecule has 1 aliphatic rings. The molecule has 2 unspecified atom stereocenters. The molecule has 1 aliphatic carbocycles. The van der Waals surface area contributed by atoms with E-state index in [9.17, 15) is 0 Å². The number of imidazole rings is 1. The highest BCUT2D eigenvalue weighted by Crippen LogP contribution is 2.43. The van der Waals surface area contributed by atoms with Crippen molar-refractivity contribution in [3.05, 3.63) is 42.7 Å². The molecule has 100 valence electrons. The number of nitrogens with zero attached hydrogens (tertiary/aromatic N) is 2. The van der Waals surface area contributed by atoms with E-state index in [-0.39, 0.29) is 11.5 Å². The van der Waals surface area contributed by atoms with Crippen molar-refractivity contribution in [1.29, 1.82) is 0 Å². The molecular formula is C16H21N3. The van der Waals surface area contributed by atoms with E-state index < -0.39 is 0 Å². The largest absolute Gasteiger partial charge is 0.326 e. The molecular weight excluding hydrogens is 234 g/mol. The van der Waals surface area contributed by atoms with E-state index in [1.54, 1.807) is 0 Å². The van der Waals surface area contributed by atoms with Crippen LogP contribution in [0, 0.1) is 5.41 Å². The predicted octanol–water partition coefficient (Wildman–Crippen LogP) is 3.24. The summed E-state index contributed by atoms with van der Waals surface area (Å²) in [5, 5.41) is 0. The van der Waals surface area contributed by atoms with Gasteiger partial charge in [-0.1, -0.05) is 44.2 Å². The topological polar surface area (TPSA) is 43.8 Å². The van der Waals surface area contributed by atoms with Crippen molar-refractivity contribution in [2.75, 3.05) is 0 Å². The van der Waals surface area contributed by atoms with Gasteiger partial charge >= 0.3 is 0 Å². The van der Waals surface area contributed by atoms with Gasteiger partial charge in [0.2, 0.25) is 0 Å². The Morgan fingerprint density at radius 2 is 2.00 bits per heavy atom. The minimum atomic E-state index is 0.184. The first-order valence-electron chi connectivity index (χ1n) is 6.93. The van der Waals surface area contributed by atoms with Gasteiger partial charge in [0, 0.05) is 24.0 Å². The molecule has 0 spiro atoms. The zero-order valence-electron chi connectivity index (χ0n) is 11.6. The van der Waals surface area contributed by atoms with Crippen LogP contribution in [0.3, 0.4) is 0 Å². The van der Waals surface area contributed by atoms with E-state index in [1.165, 1.54) is 6.42 Å². The molecule has 0 amide bonds. The summed E-state index contributed by atoms with van der Waals surface area (Å²) in [5.74, 6) is 1.03. The average molecular weight is 255 g/mol. The number of benzene rings is 1. The number of nitrogens with two attached hydrogens (primary N) is 1. The summed E-state index contributed by atoms with van der Waals surface area (Å²) >= 11 is 0. The smallest absolute Gasteiger partial charge is 0.140 e. The molecule has 3 rings (SSSR count). The van der Waals surface area contributed by atoms with Crippen molar-refractivity contribution in [1.82, 2.24) is 9.55 Å². The van der Waals surface area contributed by atoms with E-state index in [1.807, 2.05) is 24.4 Å². The van der Waals surface area contributed by atoms with Gasteiger partial charge in [-0.2, -0.15) is 0 Å². The van der Waals surface area contributed by atoms with Gasteiger partial charge in [-0.3, -0.25) is 0 Å². The molecule has 3 nitrogen and oxygen atoms in total. The fourth-order valence-electron chi connectivity index (χ4n) is 3.09. The minimum absolute atomic E-state index is 0.184. The lowest BCUT2D eigenvalue weighted by molar-refractivity contribution is 0.300. The average Bonchev–Trinajstić information content (AvgIpc) is 2.97. The first kappa shape index (κ1) is 12.4. The highest BCUT2D eigenvalue weighted by molar-refractivity contribution is 5.55. The van der Waals surface area contributed by atoms with Crippen LogP contribution in [-0.2, 0) is 0 Å². The Bertz CT molecular complexity index is 556. The molecule has 0 radical (unpaired) electrons. The highest BCUT2D eigenvalue weighted by Gasteiger charge is 2.40. The molecule has 3 heteroatoms. The van der Waals surface area contributed by atoms with Gasteiger partial charge in [-0.15, -0.1) is 0 Å². The number of rotatable bonds is 2. The fourth-order valence-corrected chi connectivity index (χ4v) is 3.09. The fraction of sp³-hybridized carbons (Fsp3) is 0.438. The number of aromatic nitrogens is 2. The van der Waals surface area contributed by atoms with Crippen LogP contribution in [0.5, 0.6) is 0 Å². The van der Waals surface area contributed by atoms with Crippen LogP contribution >= 0.6 is 0 Å². The molecule has 1 aromatic carbocycles. The van der Waals surface area contributed by atoms with Gasteiger partial charge in [-0.25, -0.2) is 4.98 Å². The maximum absolute atomic E-state index is 6.45. The molecule has 1 aromatic heterocycles. The molecule has 2 atom stereocenters. The van der Waals surface area contributed by atoms with Crippen molar-refractivity contribution in [2.24, 2.45) is 11.1 Å². The van der Waals surface area contributed by atoms with Crippen molar-refractivity contribution >= 4 is 0 Å². The third-order valence-corrected chi connectivity index (χ3v) is 4.46. The summed E-state index contributed by atoms with van der Waals surface area (Å²) in [6, 6.07) is 10.9. The maximum Gasteiger partial charge on any atom is 0.140 e. The molecule has 2 aromatic rings. The summed E-state index contributed by atoms with van der Waals surface area (Å²) in [4.78, 5) is 4.52. The van der Waals surface area contributed by atoms with Crippen molar-refractivity contribution < 1.29 is 0 Å².